The number of carbonyl (C=O) groups is 1. The first-order chi connectivity index (χ1) is 10.9. The largest absolute Gasteiger partial charge is 0.416 e. The predicted octanol–water partition coefficient (Wildman–Crippen LogP) is 3.65. The zero-order valence-electron chi connectivity index (χ0n) is 13.5. The fourth-order valence-corrected chi connectivity index (χ4v) is 3.18. The SMILES string of the molecule is Cl.NCCC(=O)N1CCCC(CCc2ccccc2C(F)(F)F)C1. The predicted molar refractivity (Wildman–Crippen MR) is 90.0 cm³/mol. The second-order valence-electron chi connectivity index (χ2n) is 6.08. The van der Waals surface area contributed by atoms with Crippen LogP contribution >= 0.6 is 12.4 Å². The summed E-state index contributed by atoms with van der Waals surface area (Å²) in [5.74, 6) is 0.305. The fraction of sp³-hybridized carbons (Fsp3) is 0.588. The van der Waals surface area contributed by atoms with E-state index in [9.17, 15) is 18.0 Å². The Hall–Kier alpha value is -1.27. The molecule has 1 aromatic carbocycles. The maximum atomic E-state index is 13.0. The summed E-state index contributed by atoms with van der Waals surface area (Å²) < 4.78 is 39.0. The zero-order chi connectivity index (χ0) is 16.9. The third-order valence-corrected chi connectivity index (χ3v) is 4.37. The van der Waals surface area contributed by atoms with Gasteiger partial charge in [-0.3, -0.25) is 4.79 Å². The standard InChI is InChI=1S/C17H23F3N2O.ClH/c18-17(19,20)15-6-2-1-5-14(15)8-7-13-4-3-11-22(12-13)16(23)9-10-21;/h1-2,5-6,13H,3-4,7-12,21H2;1H. The third-order valence-electron chi connectivity index (χ3n) is 4.37. The van der Waals surface area contributed by atoms with Crippen molar-refractivity contribution in [1.82, 2.24) is 4.90 Å². The summed E-state index contributed by atoms with van der Waals surface area (Å²) >= 11 is 0. The Bertz CT molecular complexity index is 537. The number of piperidine rings is 1. The molecule has 2 rings (SSSR count). The molecule has 1 aromatic rings. The number of nitrogens with two attached hydrogens (primary N) is 1. The van der Waals surface area contributed by atoms with Crippen molar-refractivity contribution in [2.75, 3.05) is 19.6 Å². The first-order valence-corrected chi connectivity index (χ1v) is 8.04. The monoisotopic (exact) mass is 364 g/mol. The molecule has 1 aliphatic rings. The highest BCUT2D eigenvalue weighted by Gasteiger charge is 2.33. The number of halogens is 4. The average Bonchev–Trinajstić information content (AvgIpc) is 2.53. The number of carbonyl (C=O) groups excluding carboxylic acids is 1. The molecule has 0 aromatic heterocycles. The highest BCUT2D eigenvalue weighted by molar-refractivity contribution is 5.85. The quantitative estimate of drug-likeness (QED) is 0.866. The van der Waals surface area contributed by atoms with Crippen molar-refractivity contribution in [3.8, 4) is 0 Å². The first kappa shape index (κ1) is 20.8. The van der Waals surface area contributed by atoms with Crippen molar-refractivity contribution in [3.05, 3.63) is 35.4 Å². The number of hydrogen-bond acceptors (Lipinski definition) is 2. The molecule has 1 aliphatic heterocycles. The second-order valence-corrected chi connectivity index (χ2v) is 6.08. The van der Waals surface area contributed by atoms with Gasteiger partial charge in [-0.25, -0.2) is 0 Å². The molecule has 0 saturated carbocycles. The Balaban J connectivity index is 0.00000288. The summed E-state index contributed by atoms with van der Waals surface area (Å²) in [5, 5.41) is 0. The van der Waals surface area contributed by atoms with Gasteiger partial charge >= 0.3 is 6.18 Å². The molecule has 1 heterocycles. The number of nitrogens with zero attached hydrogens (tertiary/aromatic N) is 1. The van der Waals surface area contributed by atoms with Crippen molar-refractivity contribution in [1.29, 1.82) is 0 Å². The van der Waals surface area contributed by atoms with E-state index in [-0.39, 0.29) is 24.2 Å². The van der Waals surface area contributed by atoms with Crippen LogP contribution in [0, 0.1) is 5.92 Å². The Morgan fingerprint density at radius 2 is 2.00 bits per heavy atom. The minimum Gasteiger partial charge on any atom is -0.342 e. The molecule has 7 heteroatoms. The normalized spacial score (nSPS) is 18.2. The smallest absolute Gasteiger partial charge is 0.342 e. The Morgan fingerprint density at radius 3 is 2.67 bits per heavy atom. The second kappa shape index (κ2) is 9.28. The van der Waals surface area contributed by atoms with Crippen LogP contribution in [0.2, 0.25) is 0 Å². The number of benzene rings is 1. The third kappa shape index (κ3) is 5.67. The molecule has 3 nitrogen and oxygen atoms in total. The minimum atomic E-state index is -4.31. The average molecular weight is 365 g/mol. The van der Waals surface area contributed by atoms with E-state index < -0.39 is 11.7 Å². The van der Waals surface area contributed by atoms with E-state index in [1.165, 1.54) is 6.07 Å². The van der Waals surface area contributed by atoms with Gasteiger partial charge in [-0.15, -0.1) is 12.4 Å². The summed E-state index contributed by atoms with van der Waals surface area (Å²) in [5.41, 5.74) is 5.20. The molecule has 1 fully saturated rings. The highest BCUT2D eigenvalue weighted by Crippen LogP contribution is 2.33. The summed E-state index contributed by atoms with van der Waals surface area (Å²) in [6.45, 7) is 1.69. The van der Waals surface area contributed by atoms with Crippen molar-refractivity contribution in [3.63, 3.8) is 0 Å². The van der Waals surface area contributed by atoms with Crippen molar-refractivity contribution >= 4 is 18.3 Å². The van der Waals surface area contributed by atoms with Gasteiger partial charge in [0.1, 0.15) is 0 Å². The number of rotatable bonds is 5. The van der Waals surface area contributed by atoms with Crippen LogP contribution in [0.4, 0.5) is 13.2 Å². The van der Waals surface area contributed by atoms with Gasteiger partial charge in [-0.05, 0) is 43.2 Å². The van der Waals surface area contributed by atoms with Crippen LogP contribution < -0.4 is 5.73 Å². The maximum absolute atomic E-state index is 13.0. The number of amides is 1. The maximum Gasteiger partial charge on any atom is 0.416 e. The molecule has 0 aliphatic carbocycles. The molecule has 1 amide bonds. The van der Waals surface area contributed by atoms with Crippen LogP contribution in [0.1, 0.15) is 36.8 Å². The van der Waals surface area contributed by atoms with Crippen molar-refractivity contribution in [2.24, 2.45) is 11.7 Å². The number of aryl methyl sites for hydroxylation is 1. The van der Waals surface area contributed by atoms with Crippen LogP contribution in [-0.4, -0.2) is 30.4 Å². The van der Waals surface area contributed by atoms with Crippen LogP contribution in [0.25, 0.3) is 0 Å². The lowest BCUT2D eigenvalue weighted by molar-refractivity contribution is -0.138. The number of hydrogen-bond donors (Lipinski definition) is 1. The van der Waals surface area contributed by atoms with E-state index in [1.54, 1.807) is 17.0 Å². The fourth-order valence-electron chi connectivity index (χ4n) is 3.18. The summed E-state index contributed by atoms with van der Waals surface area (Å²) in [6.07, 6.45) is -1.06. The van der Waals surface area contributed by atoms with E-state index in [1.807, 2.05) is 0 Å². The van der Waals surface area contributed by atoms with Crippen molar-refractivity contribution in [2.45, 2.75) is 38.3 Å². The summed E-state index contributed by atoms with van der Waals surface area (Å²) in [4.78, 5) is 13.7. The van der Waals surface area contributed by atoms with Crippen LogP contribution in [0.3, 0.4) is 0 Å². The Morgan fingerprint density at radius 1 is 1.29 bits per heavy atom. The van der Waals surface area contributed by atoms with Gasteiger partial charge in [-0.1, -0.05) is 18.2 Å². The molecular weight excluding hydrogens is 341 g/mol. The van der Waals surface area contributed by atoms with E-state index in [0.717, 1.165) is 25.5 Å². The number of alkyl halides is 3. The molecule has 0 spiro atoms. The summed E-state index contributed by atoms with van der Waals surface area (Å²) in [6, 6.07) is 5.74. The van der Waals surface area contributed by atoms with Gasteiger partial charge in [0.25, 0.3) is 0 Å². The van der Waals surface area contributed by atoms with Gasteiger partial charge in [0, 0.05) is 26.1 Å². The Kier molecular flexibility index (Phi) is 8.03. The molecule has 136 valence electrons. The zero-order valence-corrected chi connectivity index (χ0v) is 14.3. The molecule has 24 heavy (non-hydrogen) atoms. The first-order valence-electron chi connectivity index (χ1n) is 8.04. The molecule has 1 unspecified atom stereocenters. The van der Waals surface area contributed by atoms with Crippen molar-refractivity contribution < 1.29 is 18.0 Å². The van der Waals surface area contributed by atoms with Gasteiger partial charge < -0.3 is 10.6 Å². The molecule has 1 atom stereocenters. The molecule has 2 N–H and O–H groups in total. The molecular formula is C17H24ClF3N2O. The lowest BCUT2D eigenvalue weighted by Gasteiger charge is -2.33. The van der Waals surface area contributed by atoms with E-state index in [4.69, 9.17) is 5.73 Å². The lowest BCUT2D eigenvalue weighted by atomic mass is 9.90. The lowest BCUT2D eigenvalue weighted by Crippen LogP contribution is -2.40. The summed E-state index contributed by atoms with van der Waals surface area (Å²) in [7, 11) is 0. The van der Waals surface area contributed by atoms with E-state index >= 15 is 0 Å². The minimum absolute atomic E-state index is 0. The van der Waals surface area contributed by atoms with Gasteiger partial charge in [0.15, 0.2) is 0 Å². The van der Waals surface area contributed by atoms with E-state index in [2.05, 4.69) is 0 Å². The molecule has 0 bridgehead atoms. The van der Waals surface area contributed by atoms with E-state index in [0.29, 0.717) is 37.9 Å². The van der Waals surface area contributed by atoms with Crippen LogP contribution in [-0.2, 0) is 17.4 Å². The molecule has 0 radical (unpaired) electrons. The van der Waals surface area contributed by atoms with Gasteiger partial charge in [-0.2, -0.15) is 13.2 Å². The highest BCUT2D eigenvalue weighted by atomic mass is 35.5. The van der Waals surface area contributed by atoms with Crippen LogP contribution in [0.5, 0.6) is 0 Å². The number of likely N-dealkylation sites (tertiary alicyclic amines) is 1. The molecule has 1 saturated heterocycles. The Labute approximate surface area is 146 Å². The van der Waals surface area contributed by atoms with Gasteiger partial charge in [0.2, 0.25) is 5.91 Å². The van der Waals surface area contributed by atoms with Gasteiger partial charge in [0.05, 0.1) is 5.56 Å². The topological polar surface area (TPSA) is 46.3 Å². The van der Waals surface area contributed by atoms with Crippen LogP contribution in [0.15, 0.2) is 24.3 Å².